The minimum atomic E-state index is -3.46. The molecule has 5 heteroatoms. The van der Waals surface area contributed by atoms with Crippen molar-refractivity contribution in [2.24, 2.45) is 5.92 Å². The normalized spacial score (nSPS) is 24.9. The van der Waals surface area contributed by atoms with Gasteiger partial charge in [-0.25, -0.2) is 13.1 Å². The van der Waals surface area contributed by atoms with Gasteiger partial charge in [-0.05, 0) is 30.9 Å². The second kappa shape index (κ2) is 5.82. The smallest absolute Gasteiger partial charge is 0.240 e. The first-order chi connectivity index (χ1) is 8.63. The molecule has 0 aliphatic heterocycles. The van der Waals surface area contributed by atoms with Gasteiger partial charge in [0.2, 0.25) is 10.0 Å². The van der Waals surface area contributed by atoms with Crippen molar-refractivity contribution in [3.05, 3.63) is 30.3 Å². The second-order valence-corrected chi connectivity index (χ2v) is 6.48. The van der Waals surface area contributed by atoms with Crippen molar-refractivity contribution < 1.29 is 13.5 Å². The van der Waals surface area contributed by atoms with Gasteiger partial charge in [-0.1, -0.05) is 31.0 Å². The van der Waals surface area contributed by atoms with Gasteiger partial charge >= 0.3 is 0 Å². The standard InChI is InChI=1S/C13H19NO3S/c15-10-11-6-4-5-9-13(11)14-18(16,17)12-7-2-1-3-8-12/h1-3,7-8,11,13-15H,4-6,9-10H2. The molecule has 1 saturated carbocycles. The monoisotopic (exact) mass is 269 g/mol. The van der Waals surface area contributed by atoms with Crippen molar-refractivity contribution in [1.82, 2.24) is 4.72 Å². The molecule has 0 amide bonds. The fourth-order valence-corrected chi connectivity index (χ4v) is 3.81. The Morgan fingerprint density at radius 2 is 1.83 bits per heavy atom. The van der Waals surface area contributed by atoms with E-state index in [1.54, 1.807) is 30.3 Å². The van der Waals surface area contributed by atoms with E-state index in [2.05, 4.69) is 4.72 Å². The summed E-state index contributed by atoms with van der Waals surface area (Å²) in [4.78, 5) is 0.285. The molecular formula is C13H19NO3S. The Morgan fingerprint density at radius 1 is 1.17 bits per heavy atom. The van der Waals surface area contributed by atoms with Gasteiger partial charge in [-0.2, -0.15) is 0 Å². The average Bonchev–Trinajstić information content (AvgIpc) is 2.40. The molecule has 0 heterocycles. The fraction of sp³-hybridized carbons (Fsp3) is 0.538. The zero-order valence-electron chi connectivity index (χ0n) is 10.2. The molecule has 0 saturated heterocycles. The zero-order valence-corrected chi connectivity index (χ0v) is 11.1. The van der Waals surface area contributed by atoms with Gasteiger partial charge in [0.05, 0.1) is 4.90 Å². The van der Waals surface area contributed by atoms with Crippen LogP contribution in [0.4, 0.5) is 0 Å². The van der Waals surface area contributed by atoms with E-state index in [1.165, 1.54) is 0 Å². The lowest BCUT2D eigenvalue weighted by Gasteiger charge is -2.30. The summed E-state index contributed by atoms with van der Waals surface area (Å²) in [6.07, 6.45) is 3.77. The summed E-state index contributed by atoms with van der Waals surface area (Å²) < 4.78 is 27.1. The van der Waals surface area contributed by atoms with E-state index >= 15 is 0 Å². The van der Waals surface area contributed by atoms with Crippen LogP contribution in [-0.2, 0) is 10.0 Å². The second-order valence-electron chi connectivity index (χ2n) is 4.77. The van der Waals surface area contributed by atoms with E-state index in [4.69, 9.17) is 0 Å². The number of hydrogen-bond donors (Lipinski definition) is 2. The highest BCUT2D eigenvalue weighted by molar-refractivity contribution is 7.89. The summed E-state index contributed by atoms with van der Waals surface area (Å²) in [5.41, 5.74) is 0. The molecule has 1 fully saturated rings. The maximum absolute atomic E-state index is 12.2. The highest BCUT2D eigenvalue weighted by Crippen LogP contribution is 2.25. The first-order valence-electron chi connectivity index (χ1n) is 6.32. The minimum absolute atomic E-state index is 0.0391. The number of sulfonamides is 1. The molecule has 0 spiro atoms. The molecule has 1 aromatic rings. The molecule has 100 valence electrons. The van der Waals surface area contributed by atoms with Gasteiger partial charge in [-0.3, -0.25) is 0 Å². The van der Waals surface area contributed by atoms with Crippen molar-refractivity contribution in [3.63, 3.8) is 0 Å². The quantitative estimate of drug-likeness (QED) is 0.871. The molecule has 2 rings (SSSR count). The molecule has 1 aromatic carbocycles. The van der Waals surface area contributed by atoms with Crippen LogP contribution in [0.5, 0.6) is 0 Å². The lowest BCUT2D eigenvalue weighted by atomic mass is 9.86. The molecule has 0 radical (unpaired) electrons. The summed E-state index contributed by atoms with van der Waals surface area (Å²) >= 11 is 0. The van der Waals surface area contributed by atoms with Crippen LogP contribution in [0.1, 0.15) is 25.7 Å². The molecule has 0 bridgehead atoms. The summed E-state index contributed by atoms with van der Waals surface area (Å²) in [6.45, 7) is 0.0436. The Labute approximate surface area is 108 Å². The Hall–Kier alpha value is -0.910. The Morgan fingerprint density at radius 3 is 2.50 bits per heavy atom. The van der Waals surface area contributed by atoms with E-state index in [-0.39, 0.29) is 23.5 Å². The van der Waals surface area contributed by atoms with Crippen LogP contribution >= 0.6 is 0 Å². The van der Waals surface area contributed by atoms with Gasteiger partial charge in [0.15, 0.2) is 0 Å². The molecule has 1 aliphatic carbocycles. The third-order valence-corrected chi connectivity index (χ3v) is 5.01. The first kappa shape index (κ1) is 13.5. The summed E-state index contributed by atoms with van der Waals surface area (Å²) in [6, 6.07) is 8.22. The maximum Gasteiger partial charge on any atom is 0.240 e. The van der Waals surface area contributed by atoms with Crippen LogP contribution in [0.25, 0.3) is 0 Å². The highest BCUT2D eigenvalue weighted by Gasteiger charge is 2.28. The minimum Gasteiger partial charge on any atom is -0.396 e. The van der Waals surface area contributed by atoms with Gasteiger partial charge in [0, 0.05) is 12.6 Å². The summed E-state index contributed by atoms with van der Waals surface area (Å²) in [7, 11) is -3.46. The molecule has 2 atom stereocenters. The molecule has 1 aliphatic rings. The summed E-state index contributed by atoms with van der Waals surface area (Å²) in [5, 5.41) is 9.29. The van der Waals surface area contributed by atoms with Crippen LogP contribution in [0.15, 0.2) is 35.2 Å². The third-order valence-electron chi connectivity index (χ3n) is 3.50. The number of aliphatic hydroxyl groups excluding tert-OH is 1. The predicted octanol–water partition coefficient (Wildman–Crippen LogP) is 1.52. The number of aliphatic hydroxyl groups is 1. The van der Waals surface area contributed by atoms with E-state index in [0.29, 0.717) is 0 Å². The van der Waals surface area contributed by atoms with Crippen molar-refractivity contribution in [3.8, 4) is 0 Å². The van der Waals surface area contributed by atoms with E-state index in [1.807, 2.05) is 0 Å². The fourth-order valence-electron chi connectivity index (χ4n) is 2.45. The van der Waals surface area contributed by atoms with E-state index in [9.17, 15) is 13.5 Å². The Kier molecular flexibility index (Phi) is 4.37. The average molecular weight is 269 g/mol. The van der Waals surface area contributed by atoms with E-state index < -0.39 is 10.0 Å². The van der Waals surface area contributed by atoms with Crippen molar-refractivity contribution in [2.45, 2.75) is 36.6 Å². The molecule has 2 N–H and O–H groups in total. The predicted molar refractivity (Wildman–Crippen MR) is 69.6 cm³/mol. The molecule has 2 unspecified atom stereocenters. The van der Waals surface area contributed by atoms with Crippen molar-refractivity contribution >= 4 is 10.0 Å². The molecule has 4 nitrogen and oxygen atoms in total. The van der Waals surface area contributed by atoms with Crippen molar-refractivity contribution in [1.29, 1.82) is 0 Å². The lowest BCUT2D eigenvalue weighted by Crippen LogP contribution is -2.43. The summed E-state index contributed by atoms with van der Waals surface area (Å²) in [5.74, 6) is 0.0391. The Balaban J connectivity index is 2.12. The largest absolute Gasteiger partial charge is 0.396 e. The first-order valence-corrected chi connectivity index (χ1v) is 7.80. The number of benzene rings is 1. The Bertz CT molecular complexity index is 472. The SMILES string of the molecule is O=S(=O)(NC1CCCCC1CO)c1ccccc1. The maximum atomic E-state index is 12.2. The van der Waals surface area contributed by atoms with Crippen molar-refractivity contribution in [2.75, 3.05) is 6.61 Å². The van der Waals surface area contributed by atoms with Crippen LogP contribution in [0.3, 0.4) is 0 Å². The third kappa shape index (κ3) is 3.10. The molecular weight excluding hydrogens is 250 g/mol. The molecule has 18 heavy (non-hydrogen) atoms. The molecule has 0 aromatic heterocycles. The highest BCUT2D eigenvalue weighted by atomic mass is 32.2. The topological polar surface area (TPSA) is 66.4 Å². The van der Waals surface area contributed by atoms with Crippen LogP contribution in [0.2, 0.25) is 0 Å². The number of hydrogen-bond acceptors (Lipinski definition) is 3. The van der Waals surface area contributed by atoms with Crippen LogP contribution in [0, 0.1) is 5.92 Å². The van der Waals surface area contributed by atoms with Crippen LogP contribution < -0.4 is 4.72 Å². The van der Waals surface area contributed by atoms with Gasteiger partial charge in [0.1, 0.15) is 0 Å². The van der Waals surface area contributed by atoms with Gasteiger partial charge < -0.3 is 5.11 Å². The number of nitrogens with one attached hydrogen (secondary N) is 1. The lowest BCUT2D eigenvalue weighted by molar-refractivity contribution is 0.164. The van der Waals surface area contributed by atoms with Crippen LogP contribution in [-0.4, -0.2) is 26.2 Å². The van der Waals surface area contributed by atoms with Gasteiger partial charge in [-0.15, -0.1) is 0 Å². The van der Waals surface area contributed by atoms with Gasteiger partial charge in [0.25, 0.3) is 0 Å². The number of rotatable bonds is 4. The van der Waals surface area contributed by atoms with E-state index in [0.717, 1.165) is 25.7 Å². The zero-order chi connectivity index (χ0) is 13.0.